The Bertz CT molecular complexity index is 361. The van der Waals surface area contributed by atoms with Crippen molar-refractivity contribution in [1.29, 1.82) is 0 Å². The van der Waals surface area contributed by atoms with Crippen molar-refractivity contribution in [2.75, 3.05) is 0 Å². The molecule has 66 valence electrons. The van der Waals surface area contributed by atoms with E-state index in [0.717, 1.165) is 0 Å². The molecule has 1 aliphatic heterocycles. The minimum atomic E-state index is -3.28. The van der Waals surface area contributed by atoms with Crippen LogP contribution in [0.4, 0.5) is 0 Å². The summed E-state index contributed by atoms with van der Waals surface area (Å²) < 4.78 is 34.5. The van der Waals surface area contributed by atoms with Gasteiger partial charge in [0.2, 0.25) is 0 Å². The van der Waals surface area contributed by atoms with Crippen LogP contribution in [0, 0.1) is 0 Å². The minimum Gasteiger partial charge on any atom is -0.330 e. The molecule has 12 heavy (non-hydrogen) atoms. The quantitative estimate of drug-likeness (QED) is 0.556. The van der Waals surface area contributed by atoms with Crippen LogP contribution in [0.15, 0.2) is 0 Å². The van der Waals surface area contributed by atoms with E-state index < -0.39 is 31.0 Å². The highest BCUT2D eigenvalue weighted by Gasteiger charge is 2.32. The van der Waals surface area contributed by atoms with Crippen LogP contribution in [-0.2, 0) is 19.2 Å². The van der Waals surface area contributed by atoms with Crippen LogP contribution in [0.3, 0.4) is 0 Å². The predicted octanol–water partition coefficient (Wildman–Crippen LogP) is 0.00360. The van der Waals surface area contributed by atoms with E-state index in [-0.39, 0.29) is 17.9 Å². The van der Waals surface area contributed by atoms with Crippen molar-refractivity contribution in [3.05, 3.63) is 0 Å². The molecule has 0 atom stereocenters. The highest BCUT2D eigenvalue weighted by molar-refractivity contribution is 6.01. The molecule has 0 saturated carbocycles. The topological polar surface area (TPSA) is 63.7 Å². The maximum absolute atomic E-state index is 11.3. The first-order chi connectivity index (χ1) is 7.57. The monoisotopic (exact) mass is 176 g/mol. The normalized spacial score (nSPS) is 25.3. The van der Waals surface area contributed by atoms with Gasteiger partial charge in [-0.1, -0.05) is 6.85 Å². The third kappa shape index (κ3) is 1.61. The van der Waals surface area contributed by atoms with Gasteiger partial charge in [-0.05, 0) is 0 Å². The van der Waals surface area contributed by atoms with E-state index in [1.807, 2.05) is 0 Å². The van der Waals surface area contributed by atoms with E-state index in [2.05, 4.69) is 4.84 Å². The standard InChI is InChI=1S/C7H9NO4/c1-2-7(11)12-8-5(9)3-4-6(8)10/h2-4H2,1H3/i1D3,2D2. The van der Waals surface area contributed by atoms with Gasteiger partial charge >= 0.3 is 5.97 Å². The number of hydrogen-bond acceptors (Lipinski definition) is 4. The van der Waals surface area contributed by atoms with Crippen LogP contribution >= 0.6 is 0 Å². The molecular weight excluding hydrogens is 162 g/mol. The van der Waals surface area contributed by atoms with Gasteiger partial charge in [0, 0.05) is 26.1 Å². The predicted molar refractivity (Wildman–Crippen MR) is 37.5 cm³/mol. The third-order valence-electron chi connectivity index (χ3n) is 1.28. The minimum absolute atomic E-state index is 0.103. The summed E-state index contributed by atoms with van der Waals surface area (Å²) in [5.41, 5.74) is 0. The lowest BCUT2D eigenvalue weighted by Crippen LogP contribution is -2.31. The maximum Gasteiger partial charge on any atom is 0.332 e. The van der Waals surface area contributed by atoms with Gasteiger partial charge in [-0.3, -0.25) is 9.59 Å². The molecule has 0 unspecified atom stereocenters. The molecule has 0 aromatic carbocycles. The Hall–Kier alpha value is -1.39. The number of carbonyl (C=O) groups excluding carboxylic acids is 3. The number of rotatable bonds is 2. The molecule has 0 aliphatic carbocycles. The second kappa shape index (κ2) is 3.34. The van der Waals surface area contributed by atoms with Gasteiger partial charge in [-0.15, -0.1) is 5.06 Å². The zero-order chi connectivity index (χ0) is 13.4. The van der Waals surface area contributed by atoms with Gasteiger partial charge in [0.05, 0.1) is 0 Å². The Morgan fingerprint density at radius 3 is 2.75 bits per heavy atom. The van der Waals surface area contributed by atoms with Crippen molar-refractivity contribution < 1.29 is 26.1 Å². The Labute approximate surface area is 76.3 Å². The summed E-state index contributed by atoms with van der Waals surface area (Å²) in [6.45, 7) is -3.24. The summed E-state index contributed by atoms with van der Waals surface area (Å²) in [6, 6.07) is 0. The van der Waals surface area contributed by atoms with Crippen molar-refractivity contribution in [2.45, 2.75) is 26.1 Å². The lowest BCUT2D eigenvalue weighted by atomic mass is 10.4. The summed E-state index contributed by atoms with van der Waals surface area (Å²) in [4.78, 5) is 37.6. The van der Waals surface area contributed by atoms with Gasteiger partial charge in [0.15, 0.2) is 0 Å². The number of amides is 2. The Kier molecular flexibility index (Phi) is 1.12. The van der Waals surface area contributed by atoms with Crippen LogP contribution in [0.2, 0.25) is 0 Å². The molecule has 0 bridgehead atoms. The third-order valence-corrected chi connectivity index (χ3v) is 1.28. The first kappa shape index (κ1) is 4.02. The molecule has 1 heterocycles. The van der Waals surface area contributed by atoms with Crippen LogP contribution < -0.4 is 0 Å². The lowest BCUT2D eigenvalue weighted by molar-refractivity contribution is -0.197. The molecule has 1 saturated heterocycles. The van der Waals surface area contributed by atoms with Crippen molar-refractivity contribution in [1.82, 2.24) is 5.06 Å². The molecule has 5 heteroatoms. The molecule has 1 fully saturated rings. The fraction of sp³-hybridized carbons (Fsp3) is 0.571. The summed E-state index contributed by atoms with van der Waals surface area (Å²) in [7, 11) is 0. The van der Waals surface area contributed by atoms with E-state index in [9.17, 15) is 14.4 Å². The van der Waals surface area contributed by atoms with Crippen LogP contribution in [0.5, 0.6) is 0 Å². The van der Waals surface area contributed by atoms with Gasteiger partial charge in [0.1, 0.15) is 0 Å². The molecule has 2 amide bonds. The van der Waals surface area contributed by atoms with E-state index in [1.54, 1.807) is 0 Å². The zero-order valence-electron chi connectivity index (χ0n) is 11.0. The van der Waals surface area contributed by atoms with Crippen LogP contribution in [-0.4, -0.2) is 22.8 Å². The van der Waals surface area contributed by atoms with E-state index in [1.165, 1.54) is 0 Å². The zero-order valence-corrected chi connectivity index (χ0v) is 5.99. The molecule has 5 nitrogen and oxygen atoms in total. The highest BCUT2D eigenvalue weighted by atomic mass is 16.7. The Morgan fingerprint density at radius 2 is 2.25 bits per heavy atom. The fourth-order valence-corrected chi connectivity index (χ4v) is 0.764. The van der Waals surface area contributed by atoms with Crippen molar-refractivity contribution in [3.63, 3.8) is 0 Å². The van der Waals surface area contributed by atoms with Gasteiger partial charge in [-0.2, -0.15) is 0 Å². The van der Waals surface area contributed by atoms with E-state index >= 15 is 0 Å². The van der Waals surface area contributed by atoms with Crippen molar-refractivity contribution in [2.24, 2.45) is 0 Å². The molecular formula is C7H9NO4. The summed E-state index contributed by atoms with van der Waals surface area (Å²) >= 11 is 0. The Morgan fingerprint density at radius 1 is 1.67 bits per heavy atom. The number of hydroxylamine groups is 2. The largest absolute Gasteiger partial charge is 0.332 e. The smallest absolute Gasteiger partial charge is 0.330 e. The molecule has 0 N–H and O–H groups in total. The average Bonchev–Trinajstić information content (AvgIpc) is 2.47. The summed E-state index contributed by atoms with van der Waals surface area (Å²) in [6.07, 6.45) is -3.58. The van der Waals surface area contributed by atoms with Gasteiger partial charge in [-0.25, -0.2) is 4.79 Å². The number of carbonyl (C=O) groups is 3. The first-order valence-electron chi connectivity index (χ1n) is 5.65. The molecule has 0 aromatic heterocycles. The second-order valence-electron chi connectivity index (χ2n) is 2.09. The van der Waals surface area contributed by atoms with Crippen LogP contribution in [0.25, 0.3) is 0 Å². The maximum atomic E-state index is 11.3. The van der Waals surface area contributed by atoms with Crippen molar-refractivity contribution in [3.8, 4) is 0 Å². The van der Waals surface area contributed by atoms with Crippen LogP contribution in [0.1, 0.15) is 32.9 Å². The number of imide groups is 1. The number of nitrogens with zero attached hydrogens (tertiary/aromatic N) is 1. The lowest BCUT2D eigenvalue weighted by Gasteiger charge is -2.10. The fourth-order valence-electron chi connectivity index (χ4n) is 0.764. The van der Waals surface area contributed by atoms with Gasteiger partial charge in [0.25, 0.3) is 11.8 Å². The van der Waals surface area contributed by atoms with Gasteiger partial charge < -0.3 is 4.84 Å². The Balaban J connectivity index is 2.80. The van der Waals surface area contributed by atoms with Crippen molar-refractivity contribution >= 4 is 17.8 Å². The molecule has 0 spiro atoms. The number of hydrogen-bond donors (Lipinski definition) is 0. The molecule has 1 aliphatic rings. The molecule has 0 aromatic rings. The molecule has 1 rings (SSSR count). The summed E-state index contributed by atoms with van der Waals surface area (Å²) in [5.74, 6) is -3.39. The first-order valence-corrected chi connectivity index (χ1v) is 3.15. The molecule has 0 radical (unpaired) electrons. The second-order valence-corrected chi connectivity index (χ2v) is 2.09. The van der Waals surface area contributed by atoms with E-state index in [4.69, 9.17) is 6.85 Å². The summed E-state index contributed by atoms with van der Waals surface area (Å²) in [5, 5.41) is 0.103. The van der Waals surface area contributed by atoms with E-state index in [0.29, 0.717) is 0 Å². The SMILES string of the molecule is [2H]C([2H])([2H])C([2H])([2H])C(=O)ON1C(=O)CCC1=O. The average molecular weight is 176 g/mol. The highest BCUT2D eigenvalue weighted by Crippen LogP contribution is 2.12.